The quantitative estimate of drug-likeness (QED) is 0.427. The van der Waals surface area contributed by atoms with Crippen molar-refractivity contribution in [2.24, 2.45) is 0 Å². The molecule has 0 fully saturated rings. The maximum atomic E-state index is 12.9. The Hall–Kier alpha value is -3.58. The number of rotatable bonds is 8. The van der Waals surface area contributed by atoms with Crippen molar-refractivity contribution in [3.05, 3.63) is 47.8 Å². The number of aromatic nitrogens is 5. The Morgan fingerprint density at radius 1 is 1.21 bits per heavy atom. The zero-order valence-corrected chi connectivity index (χ0v) is 17.6. The van der Waals surface area contributed by atoms with Crippen molar-refractivity contribution in [3.8, 4) is 11.4 Å². The first-order valence-corrected chi connectivity index (χ1v) is 9.79. The molecule has 0 aliphatic carbocycles. The molecule has 0 bridgehead atoms. The van der Waals surface area contributed by atoms with Gasteiger partial charge in [0.25, 0.3) is 0 Å². The topological polar surface area (TPSA) is 135 Å². The number of aryl methyl sites for hydroxylation is 1. The number of hydrogen-bond donors (Lipinski definition) is 3. The van der Waals surface area contributed by atoms with Crippen molar-refractivity contribution < 1.29 is 32.9 Å². The smallest absolute Gasteiger partial charge is 0.416 e. The van der Waals surface area contributed by atoms with E-state index in [0.29, 0.717) is 11.4 Å². The molecule has 0 radical (unpaired) electrons. The van der Waals surface area contributed by atoms with Crippen molar-refractivity contribution >= 4 is 17.6 Å². The fourth-order valence-corrected chi connectivity index (χ4v) is 2.85. The number of nitrogens with zero attached hydrogens (tertiary/aromatic N) is 5. The maximum Gasteiger partial charge on any atom is 0.416 e. The highest BCUT2D eigenvalue weighted by Gasteiger charge is 2.31. The van der Waals surface area contributed by atoms with E-state index in [1.807, 2.05) is 0 Å². The molecule has 0 aliphatic rings. The second kappa shape index (κ2) is 9.92. The predicted molar refractivity (Wildman–Crippen MR) is 109 cm³/mol. The Morgan fingerprint density at radius 3 is 2.67 bits per heavy atom. The fourth-order valence-electron chi connectivity index (χ4n) is 2.85. The highest BCUT2D eigenvalue weighted by atomic mass is 19.4. The number of aliphatic hydroxyl groups is 2. The third-order valence-corrected chi connectivity index (χ3v) is 4.38. The number of pyridine rings is 2. The highest BCUT2D eigenvalue weighted by molar-refractivity contribution is 5.75. The summed E-state index contributed by atoms with van der Waals surface area (Å²) in [7, 11) is 0. The minimum atomic E-state index is -4.51. The first kappa shape index (κ1) is 24.1. The number of carbonyl (C=O) groups excluding carboxylic acids is 1. The van der Waals surface area contributed by atoms with Gasteiger partial charge >= 0.3 is 12.1 Å². The van der Waals surface area contributed by atoms with Crippen LogP contribution in [0.15, 0.2) is 36.7 Å². The molecule has 3 aromatic heterocycles. The summed E-state index contributed by atoms with van der Waals surface area (Å²) in [5.74, 6) is -0.748. The number of aliphatic hydroxyl groups excluding tert-OH is 2. The van der Waals surface area contributed by atoms with Crippen molar-refractivity contribution in [2.75, 3.05) is 11.9 Å². The van der Waals surface area contributed by atoms with E-state index in [4.69, 9.17) is 0 Å². The van der Waals surface area contributed by atoms with E-state index >= 15 is 0 Å². The number of nitrogens with one attached hydrogen (secondary N) is 1. The predicted octanol–water partition coefficient (Wildman–Crippen LogP) is 2.09. The fraction of sp³-hybridized carbons (Fsp3) is 0.350. The van der Waals surface area contributed by atoms with E-state index in [0.717, 1.165) is 23.9 Å². The Morgan fingerprint density at radius 2 is 1.97 bits per heavy atom. The van der Waals surface area contributed by atoms with Gasteiger partial charge < -0.3 is 20.3 Å². The van der Waals surface area contributed by atoms with Crippen LogP contribution in [0.1, 0.15) is 18.1 Å². The largest absolute Gasteiger partial charge is 0.464 e. The van der Waals surface area contributed by atoms with Gasteiger partial charge in [0.05, 0.1) is 30.6 Å². The molecule has 0 aliphatic heterocycles. The molecule has 2 atom stereocenters. The molecule has 33 heavy (non-hydrogen) atoms. The van der Waals surface area contributed by atoms with Gasteiger partial charge in [0.2, 0.25) is 0 Å². The van der Waals surface area contributed by atoms with Gasteiger partial charge in [-0.15, -0.1) is 5.10 Å². The minimum Gasteiger partial charge on any atom is -0.464 e. The lowest BCUT2D eigenvalue weighted by molar-refractivity contribution is -0.159. The number of hydrogen-bond acceptors (Lipinski definition) is 9. The van der Waals surface area contributed by atoms with Crippen LogP contribution in [0.25, 0.3) is 11.4 Å². The molecule has 3 rings (SSSR count). The monoisotopic (exact) mass is 466 g/mol. The number of esters is 1. The van der Waals surface area contributed by atoms with Crippen molar-refractivity contribution in [2.45, 2.75) is 38.8 Å². The van der Waals surface area contributed by atoms with Gasteiger partial charge in [-0.3, -0.25) is 0 Å². The zero-order chi connectivity index (χ0) is 24.2. The van der Waals surface area contributed by atoms with E-state index in [-0.39, 0.29) is 24.8 Å². The van der Waals surface area contributed by atoms with E-state index in [1.54, 1.807) is 26.0 Å². The Bertz CT molecular complexity index is 1120. The van der Waals surface area contributed by atoms with Crippen LogP contribution in [0.4, 0.5) is 24.8 Å². The molecule has 0 saturated heterocycles. The second-order valence-corrected chi connectivity index (χ2v) is 7.06. The van der Waals surface area contributed by atoms with E-state index in [9.17, 15) is 28.2 Å². The molecule has 13 heteroatoms. The molecule has 0 amide bonds. The van der Waals surface area contributed by atoms with Crippen LogP contribution in [0, 0.1) is 6.92 Å². The van der Waals surface area contributed by atoms with Crippen LogP contribution in [-0.2, 0) is 22.3 Å². The van der Waals surface area contributed by atoms with Crippen LogP contribution < -0.4 is 5.32 Å². The summed E-state index contributed by atoms with van der Waals surface area (Å²) in [4.78, 5) is 19.8. The lowest BCUT2D eigenvalue weighted by Crippen LogP contribution is -2.38. The van der Waals surface area contributed by atoms with Crippen LogP contribution >= 0.6 is 0 Å². The third kappa shape index (κ3) is 6.23. The van der Waals surface area contributed by atoms with E-state index < -0.39 is 29.9 Å². The SMILES string of the molecule is CCOC(=O)C(O)C(O)Cn1cc(-c2cc(C)cc(Nc3cc(C(F)(F)F)ccn3)n2)nn1. The van der Waals surface area contributed by atoms with Crippen LogP contribution in [0.5, 0.6) is 0 Å². The lowest BCUT2D eigenvalue weighted by atomic mass is 10.2. The van der Waals surface area contributed by atoms with Gasteiger partial charge in [-0.25, -0.2) is 19.4 Å². The van der Waals surface area contributed by atoms with Crippen molar-refractivity contribution in [1.29, 1.82) is 0 Å². The molecule has 0 saturated carbocycles. The molecule has 176 valence electrons. The molecule has 3 heterocycles. The molecular weight excluding hydrogens is 445 g/mol. The normalized spacial score (nSPS) is 13.4. The summed E-state index contributed by atoms with van der Waals surface area (Å²) < 4.78 is 44.7. The summed E-state index contributed by atoms with van der Waals surface area (Å²) in [6.07, 6.45) is -5.24. The summed E-state index contributed by atoms with van der Waals surface area (Å²) >= 11 is 0. The van der Waals surface area contributed by atoms with Gasteiger partial charge in [0.15, 0.2) is 6.10 Å². The Kier molecular flexibility index (Phi) is 7.23. The average molecular weight is 466 g/mol. The zero-order valence-electron chi connectivity index (χ0n) is 17.6. The van der Waals surface area contributed by atoms with E-state index in [2.05, 4.69) is 30.3 Å². The van der Waals surface area contributed by atoms with Crippen LogP contribution in [-0.4, -0.2) is 60.0 Å². The third-order valence-electron chi connectivity index (χ3n) is 4.38. The number of anilines is 2. The van der Waals surface area contributed by atoms with Crippen LogP contribution in [0.3, 0.4) is 0 Å². The number of carbonyl (C=O) groups is 1. The highest BCUT2D eigenvalue weighted by Crippen LogP contribution is 2.30. The lowest BCUT2D eigenvalue weighted by Gasteiger charge is -2.15. The molecule has 0 spiro atoms. The van der Waals surface area contributed by atoms with Crippen molar-refractivity contribution in [1.82, 2.24) is 25.0 Å². The molecular formula is C20H21F3N6O4. The summed E-state index contributed by atoms with van der Waals surface area (Å²) in [6.45, 7) is 3.15. The Balaban J connectivity index is 1.77. The number of alkyl halides is 3. The van der Waals surface area contributed by atoms with Gasteiger partial charge in [-0.2, -0.15) is 13.2 Å². The van der Waals surface area contributed by atoms with Gasteiger partial charge in [0, 0.05) is 6.20 Å². The summed E-state index contributed by atoms with van der Waals surface area (Å²) in [5.41, 5.74) is 0.550. The standard InChI is InChI=1S/C20H21F3N6O4/c1-3-33-19(32)18(31)15(30)10-29-9-14(27-28-29)13-6-11(2)7-17(25-13)26-16-8-12(4-5-24-16)20(21,22)23/h4-9,15,18,30-31H,3,10H2,1-2H3,(H,24,25,26). The van der Waals surface area contributed by atoms with Gasteiger partial charge in [-0.1, -0.05) is 5.21 Å². The van der Waals surface area contributed by atoms with E-state index in [1.165, 1.54) is 10.9 Å². The van der Waals surface area contributed by atoms with Crippen molar-refractivity contribution in [3.63, 3.8) is 0 Å². The molecule has 10 nitrogen and oxygen atoms in total. The Labute approximate surface area is 186 Å². The van der Waals surface area contributed by atoms with Gasteiger partial charge in [-0.05, 0) is 43.7 Å². The minimum absolute atomic E-state index is 0.0337. The van der Waals surface area contributed by atoms with Gasteiger partial charge in [0.1, 0.15) is 23.4 Å². The second-order valence-electron chi connectivity index (χ2n) is 7.06. The molecule has 0 aromatic carbocycles. The number of halogens is 3. The maximum absolute atomic E-state index is 12.9. The first-order chi connectivity index (χ1) is 15.6. The first-order valence-electron chi connectivity index (χ1n) is 9.79. The van der Waals surface area contributed by atoms with Crippen LogP contribution in [0.2, 0.25) is 0 Å². The molecule has 3 aromatic rings. The number of ether oxygens (including phenoxy) is 1. The molecule has 2 unspecified atom stereocenters. The summed E-state index contributed by atoms with van der Waals surface area (Å²) in [5, 5.41) is 30.4. The molecule has 3 N–H and O–H groups in total. The average Bonchev–Trinajstić information content (AvgIpc) is 3.21. The summed E-state index contributed by atoms with van der Waals surface area (Å²) in [6, 6.07) is 5.04.